The van der Waals surface area contributed by atoms with Gasteiger partial charge in [0, 0.05) is 117 Å². The third kappa shape index (κ3) is 9.47. The maximum absolute atomic E-state index is 14.8. The lowest BCUT2D eigenvalue weighted by Gasteiger charge is -2.63. The first-order valence-electron chi connectivity index (χ1n) is 25.9. The molecule has 2 amide bonds. The van der Waals surface area contributed by atoms with Crippen LogP contribution in [0.5, 0.6) is 5.75 Å². The number of alkyl halides is 2. The predicted octanol–water partition coefficient (Wildman–Crippen LogP) is 7.23. The summed E-state index contributed by atoms with van der Waals surface area (Å²) in [5.41, 5.74) is 1.86. The van der Waals surface area contributed by atoms with E-state index < -0.39 is 17.3 Å². The zero-order chi connectivity index (χ0) is 51.7. The number of nitriles is 1. The molecule has 4 aromatic rings. The minimum atomic E-state index is -2.73. The van der Waals surface area contributed by atoms with Gasteiger partial charge in [-0.3, -0.25) is 14.6 Å². The van der Waals surface area contributed by atoms with Gasteiger partial charge in [-0.15, -0.1) is 10.2 Å². The van der Waals surface area contributed by atoms with E-state index in [4.69, 9.17) is 31.4 Å². The van der Waals surface area contributed by atoms with Gasteiger partial charge >= 0.3 is 0 Å². The lowest BCUT2D eigenvalue weighted by Crippen LogP contribution is -2.74. The number of anilines is 2. The number of amidine groups is 1. The molecule has 1 N–H and O–H groups in total. The second-order valence-corrected chi connectivity index (χ2v) is 23.0. The number of amides is 2. The first kappa shape index (κ1) is 50.5. The molecule has 3 unspecified atom stereocenters. The zero-order valence-corrected chi connectivity index (χ0v) is 43.9. The highest BCUT2D eigenvalue weighted by Crippen LogP contribution is 2.56. The smallest absolute Gasteiger partial charge is 0.264 e. The number of hydrogen-bond acceptors (Lipinski definition) is 14. The summed E-state index contributed by atoms with van der Waals surface area (Å²) in [5.74, 6) is 3.28. The van der Waals surface area contributed by atoms with Gasteiger partial charge in [-0.1, -0.05) is 53.1 Å². The molecule has 2 aromatic heterocycles. The van der Waals surface area contributed by atoms with Crippen molar-refractivity contribution >= 4 is 40.9 Å². The summed E-state index contributed by atoms with van der Waals surface area (Å²) < 4.78 is 36.0. The molecule has 0 spiro atoms. The standard InChI is InChI=1S/C53H67ClF2N14O3/c1-30-26-68(51-58-24-35(25-59-51)48(72)60-49-52(4,5)50(53(49,6)7)73-37-12-11-34(23-57)42(54)21-37)27-31(2)40(30)28-66-17-13-36(14-18-66)70-43-15-19-67(32(3)71)29-41(43)47(63-70)69-16-9-10-33-20-39(46-61-64-65(8)62-46)38(45(55)56)22-44(33)69/h11-12,20-22,24-25,30-31,36,40-41,43,45,49-50H,9-10,13-19,26-29H2,1-8H3,(H,60,72)/t30-,31+,40?,41?,43?,49?,50?. The van der Waals surface area contributed by atoms with Crippen LogP contribution in [0.2, 0.25) is 5.02 Å². The maximum atomic E-state index is 14.8. The number of piperidine rings is 3. The first-order chi connectivity index (χ1) is 34.8. The number of tetrazole rings is 1. The van der Waals surface area contributed by atoms with E-state index in [9.17, 15) is 23.6 Å². The van der Waals surface area contributed by atoms with Crippen LogP contribution in [0.3, 0.4) is 0 Å². The van der Waals surface area contributed by atoms with E-state index in [2.05, 4.69) is 88.0 Å². The molecule has 2 aromatic carbocycles. The van der Waals surface area contributed by atoms with E-state index in [1.807, 2.05) is 11.0 Å². The van der Waals surface area contributed by atoms with Crippen LogP contribution in [0.4, 0.5) is 20.4 Å². The number of halogens is 3. The number of benzene rings is 2. The van der Waals surface area contributed by atoms with E-state index in [0.717, 1.165) is 81.9 Å². The minimum Gasteiger partial charge on any atom is -0.489 e. The number of hydrazone groups is 1. The van der Waals surface area contributed by atoms with Crippen molar-refractivity contribution < 1.29 is 23.1 Å². The predicted molar refractivity (Wildman–Crippen MR) is 273 cm³/mol. The maximum Gasteiger partial charge on any atom is 0.264 e. The fraction of sp³-hybridized carbons (Fsp3) is 0.604. The minimum absolute atomic E-state index is 0.0353. The molecule has 3 saturated heterocycles. The highest BCUT2D eigenvalue weighted by molar-refractivity contribution is 6.31. The van der Waals surface area contributed by atoms with E-state index >= 15 is 0 Å². The Hall–Kier alpha value is -6.00. The second-order valence-electron chi connectivity index (χ2n) is 22.6. The molecule has 0 bridgehead atoms. The molecule has 4 fully saturated rings. The van der Waals surface area contributed by atoms with Gasteiger partial charge in [0.05, 0.1) is 35.2 Å². The SMILES string of the molecule is CC(=O)N1CCC2C(C1)C(N1CCCc3cc(-c4nnn(C)n4)c(C(F)F)cc31)=NN2C1CCN(CC2[C@H](C)CN(c3ncc(C(=O)NC4C(C)(C)C(Oc5ccc(C#N)c(Cl)c5)C4(C)C)cn3)C[C@@H]2C)CC1. The Morgan fingerprint density at radius 3 is 2.32 bits per heavy atom. The van der Waals surface area contributed by atoms with Crippen LogP contribution >= 0.6 is 11.6 Å². The quantitative estimate of drug-likeness (QED) is 0.169. The number of aryl methyl sites for hydroxylation is 2. The number of ether oxygens (including phenoxy) is 1. The molecule has 5 aliphatic heterocycles. The summed E-state index contributed by atoms with van der Waals surface area (Å²) in [4.78, 5) is 46.1. The molecule has 1 aliphatic carbocycles. The van der Waals surface area contributed by atoms with Gasteiger partial charge in [-0.2, -0.15) is 15.2 Å². The summed E-state index contributed by atoms with van der Waals surface area (Å²) in [7, 11) is 1.62. The first-order valence-corrected chi connectivity index (χ1v) is 26.3. The summed E-state index contributed by atoms with van der Waals surface area (Å²) >= 11 is 6.29. The zero-order valence-electron chi connectivity index (χ0n) is 43.1. The van der Waals surface area contributed by atoms with E-state index in [0.29, 0.717) is 70.8 Å². The molecular weight excluding hydrogens is 954 g/mol. The lowest BCUT2D eigenvalue weighted by atomic mass is 9.49. The molecule has 388 valence electrons. The normalized spacial score (nSPS) is 26.9. The van der Waals surface area contributed by atoms with Crippen molar-refractivity contribution in [3.8, 4) is 23.2 Å². The summed E-state index contributed by atoms with van der Waals surface area (Å²) in [6.45, 7) is 21.0. The Morgan fingerprint density at radius 1 is 0.973 bits per heavy atom. The van der Waals surface area contributed by atoms with Crippen molar-refractivity contribution in [1.82, 2.24) is 50.3 Å². The highest BCUT2D eigenvalue weighted by atomic mass is 35.5. The van der Waals surface area contributed by atoms with Crippen LogP contribution in [0, 0.1) is 45.8 Å². The van der Waals surface area contributed by atoms with Crippen molar-refractivity contribution in [3.63, 3.8) is 0 Å². The van der Waals surface area contributed by atoms with Gasteiger partial charge in [0.15, 0.2) is 0 Å². The van der Waals surface area contributed by atoms with Gasteiger partial charge in [0.2, 0.25) is 17.7 Å². The van der Waals surface area contributed by atoms with Gasteiger partial charge in [-0.25, -0.2) is 18.7 Å². The Morgan fingerprint density at radius 2 is 1.68 bits per heavy atom. The lowest BCUT2D eigenvalue weighted by molar-refractivity contribution is -0.164. The molecule has 10 rings (SSSR count). The van der Waals surface area contributed by atoms with E-state index in [-0.39, 0.29) is 53.3 Å². The average molecular weight is 1020 g/mol. The van der Waals surface area contributed by atoms with Crippen LogP contribution in [0.15, 0.2) is 47.8 Å². The Kier molecular flexibility index (Phi) is 13.6. The summed E-state index contributed by atoms with van der Waals surface area (Å²) in [6, 6.07) is 10.7. The Bertz CT molecular complexity index is 2780. The molecule has 1 saturated carbocycles. The molecule has 73 heavy (non-hydrogen) atoms. The van der Waals surface area contributed by atoms with Crippen molar-refractivity contribution in [3.05, 3.63) is 70.0 Å². The van der Waals surface area contributed by atoms with Crippen molar-refractivity contribution in [1.29, 1.82) is 5.26 Å². The molecule has 7 heterocycles. The largest absolute Gasteiger partial charge is 0.489 e. The van der Waals surface area contributed by atoms with Crippen LogP contribution in [-0.2, 0) is 18.3 Å². The van der Waals surface area contributed by atoms with Gasteiger partial charge in [0.1, 0.15) is 23.8 Å². The topological polar surface area (TPSA) is 177 Å². The van der Waals surface area contributed by atoms with Crippen LogP contribution in [-0.4, -0.2) is 139 Å². The molecule has 5 atom stereocenters. The Labute approximate surface area is 431 Å². The summed E-state index contributed by atoms with van der Waals surface area (Å²) in [5, 5.41) is 32.9. The van der Waals surface area contributed by atoms with Crippen LogP contribution < -0.4 is 19.9 Å². The van der Waals surface area contributed by atoms with Gasteiger partial charge < -0.3 is 29.7 Å². The number of nitrogens with one attached hydrogen (secondary N) is 1. The molecule has 6 aliphatic rings. The highest BCUT2D eigenvalue weighted by Gasteiger charge is 2.64. The molecule has 0 radical (unpaired) electrons. The number of aromatic nitrogens is 6. The van der Waals surface area contributed by atoms with E-state index in [1.54, 1.807) is 50.6 Å². The molecular formula is C53H67ClF2N14O3. The number of hydrogen-bond donors (Lipinski definition) is 1. The van der Waals surface area contributed by atoms with Crippen molar-refractivity contribution in [2.24, 2.45) is 46.7 Å². The number of likely N-dealkylation sites (tertiary alicyclic amines) is 2. The summed E-state index contributed by atoms with van der Waals surface area (Å²) in [6.07, 6.45) is 4.60. The fourth-order valence-electron chi connectivity index (χ4n) is 13.5. The van der Waals surface area contributed by atoms with Gasteiger partial charge in [0.25, 0.3) is 12.3 Å². The fourth-order valence-corrected chi connectivity index (χ4v) is 13.7. The number of nitrogens with zero attached hydrogens (tertiary/aromatic N) is 13. The number of carbonyl (C=O) groups is 2. The number of fused-ring (bicyclic) bond motifs is 2. The monoisotopic (exact) mass is 1020 g/mol. The van der Waals surface area contributed by atoms with Crippen molar-refractivity contribution in [2.75, 3.05) is 62.2 Å². The second kappa shape index (κ2) is 19.7. The van der Waals surface area contributed by atoms with Gasteiger partial charge in [-0.05, 0) is 84.9 Å². The third-order valence-corrected chi connectivity index (χ3v) is 17.3. The van der Waals surface area contributed by atoms with Crippen molar-refractivity contribution in [2.45, 2.75) is 111 Å². The van der Waals surface area contributed by atoms with Crippen LogP contribution in [0.1, 0.15) is 108 Å². The Balaban J connectivity index is 0.757. The van der Waals surface area contributed by atoms with Crippen LogP contribution in [0.25, 0.3) is 11.4 Å². The number of carbonyl (C=O) groups excluding carboxylic acids is 2. The number of rotatable bonds is 10. The average Bonchev–Trinajstić information content (AvgIpc) is 3.98. The molecule has 20 heteroatoms. The third-order valence-electron chi connectivity index (χ3n) is 17.0. The van der Waals surface area contributed by atoms with E-state index in [1.165, 1.54) is 4.80 Å². The molecule has 17 nitrogen and oxygen atoms in total.